The number of para-hydroxylation sites is 1. The third kappa shape index (κ3) is 7.12. The number of rotatable bonds is 9. The normalized spacial score (nSPS) is 16.9. The van der Waals surface area contributed by atoms with E-state index in [2.05, 4.69) is 25.8 Å². The summed E-state index contributed by atoms with van der Waals surface area (Å²) in [6.45, 7) is 6.14. The highest BCUT2D eigenvalue weighted by Crippen LogP contribution is 2.28. The van der Waals surface area contributed by atoms with E-state index in [1.54, 1.807) is 0 Å². The first-order chi connectivity index (χ1) is 20.2. The van der Waals surface area contributed by atoms with Gasteiger partial charge in [0.15, 0.2) is 0 Å². The van der Waals surface area contributed by atoms with Crippen molar-refractivity contribution in [2.45, 2.75) is 70.4 Å². The van der Waals surface area contributed by atoms with Gasteiger partial charge in [-0.15, -0.1) is 0 Å². The molecule has 0 spiro atoms. The van der Waals surface area contributed by atoms with Crippen LogP contribution in [0.1, 0.15) is 69.0 Å². The third-order valence-corrected chi connectivity index (χ3v) is 7.32. The van der Waals surface area contributed by atoms with E-state index < -0.39 is 0 Å². The summed E-state index contributed by atoms with van der Waals surface area (Å²) >= 11 is 0. The molecule has 5 rings (SSSR count). The Morgan fingerprint density at radius 3 is 2.33 bits per heavy atom. The lowest BCUT2D eigenvalue weighted by Gasteiger charge is -2.30. The van der Waals surface area contributed by atoms with Crippen LogP contribution in [0.3, 0.4) is 0 Å². The van der Waals surface area contributed by atoms with Gasteiger partial charge in [-0.05, 0) is 62.1 Å². The van der Waals surface area contributed by atoms with Gasteiger partial charge in [0.2, 0.25) is 5.91 Å². The Kier molecular flexibility index (Phi) is 8.51. The first kappa shape index (κ1) is 28.8. The molecule has 0 unspecified atom stereocenters. The molecule has 2 aromatic heterocycles. The molecular formula is C32H37N7O3. The van der Waals surface area contributed by atoms with E-state index in [1.807, 2.05) is 81.4 Å². The molecule has 0 atom stereocenters. The molecule has 4 aromatic rings. The number of nitrogens with zero attached hydrogens (tertiary/aromatic N) is 3. The average Bonchev–Trinajstić information content (AvgIpc) is 3.44. The van der Waals surface area contributed by atoms with Crippen molar-refractivity contribution in [1.29, 1.82) is 5.41 Å². The minimum Gasteiger partial charge on any atom is -0.457 e. The van der Waals surface area contributed by atoms with Crippen molar-refractivity contribution in [3.05, 3.63) is 89.6 Å². The standard InChI is InChI=1S/C32H37N7O3/c1-32(2,3)26-17-23(39-42-26)18-27(40)37-21-11-13-22(14-12-21)38-31-28(30(34)35-19-36-31)29(33)20-9-15-25(16-10-20)41-24-7-5-4-6-8-24/h4-10,15-17,19,21-22,33H,11-14,18H2,1-3H3,(H,37,40)(H3,34,35,36,38). The number of benzene rings is 2. The second-order valence-corrected chi connectivity index (χ2v) is 11.7. The average molecular weight is 568 g/mol. The van der Waals surface area contributed by atoms with Gasteiger partial charge in [0, 0.05) is 29.1 Å². The van der Waals surface area contributed by atoms with Crippen LogP contribution in [0.25, 0.3) is 0 Å². The highest BCUT2D eigenvalue weighted by Gasteiger charge is 2.26. The minimum absolute atomic E-state index is 0.0559. The number of ether oxygens (including phenoxy) is 1. The molecule has 10 nitrogen and oxygen atoms in total. The van der Waals surface area contributed by atoms with E-state index in [-0.39, 0.29) is 41.4 Å². The first-order valence-corrected chi connectivity index (χ1v) is 14.2. The van der Waals surface area contributed by atoms with Crippen LogP contribution in [-0.2, 0) is 16.6 Å². The summed E-state index contributed by atoms with van der Waals surface area (Å²) in [7, 11) is 0. The zero-order valence-corrected chi connectivity index (χ0v) is 24.2. The molecule has 10 heteroatoms. The fourth-order valence-corrected chi connectivity index (χ4v) is 4.98. The van der Waals surface area contributed by atoms with Crippen molar-refractivity contribution in [1.82, 2.24) is 20.4 Å². The predicted octanol–water partition coefficient (Wildman–Crippen LogP) is 5.63. The van der Waals surface area contributed by atoms with Crippen LogP contribution in [0.15, 0.2) is 71.5 Å². The molecule has 0 bridgehead atoms. The molecule has 0 saturated heterocycles. The number of nitrogen functional groups attached to an aromatic ring is 1. The maximum atomic E-state index is 12.6. The Labute approximate surface area is 245 Å². The highest BCUT2D eigenvalue weighted by atomic mass is 16.5. The molecule has 42 heavy (non-hydrogen) atoms. The van der Waals surface area contributed by atoms with Gasteiger partial charge < -0.3 is 25.6 Å². The molecule has 0 radical (unpaired) electrons. The number of nitrogens with one attached hydrogen (secondary N) is 3. The molecule has 1 aliphatic carbocycles. The topological polar surface area (TPSA) is 152 Å². The summed E-state index contributed by atoms with van der Waals surface area (Å²) in [6, 6.07) is 18.9. The molecule has 2 aromatic carbocycles. The summed E-state index contributed by atoms with van der Waals surface area (Å²) in [5.74, 6) is 2.90. The smallest absolute Gasteiger partial charge is 0.226 e. The van der Waals surface area contributed by atoms with Crippen LogP contribution in [0.5, 0.6) is 11.5 Å². The van der Waals surface area contributed by atoms with Crippen molar-refractivity contribution in [2.24, 2.45) is 0 Å². The molecular weight excluding hydrogens is 530 g/mol. The first-order valence-electron chi connectivity index (χ1n) is 14.2. The SMILES string of the molecule is CC(C)(C)c1cc(CC(=O)NC2CCC(Nc3ncnc(N)c3C(=N)c3ccc(Oc4ccccc4)cc3)CC2)no1. The summed E-state index contributed by atoms with van der Waals surface area (Å²) in [6.07, 6.45) is 4.93. The van der Waals surface area contributed by atoms with Gasteiger partial charge >= 0.3 is 0 Å². The van der Waals surface area contributed by atoms with Crippen LogP contribution >= 0.6 is 0 Å². The quantitative estimate of drug-likeness (QED) is 0.190. The van der Waals surface area contributed by atoms with E-state index in [9.17, 15) is 4.79 Å². The van der Waals surface area contributed by atoms with E-state index >= 15 is 0 Å². The number of carbonyl (C=O) groups excluding carboxylic acids is 1. The Bertz CT molecular complexity index is 1520. The molecule has 1 fully saturated rings. The number of hydrogen-bond acceptors (Lipinski definition) is 9. The van der Waals surface area contributed by atoms with Crippen molar-refractivity contribution >= 4 is 23.3 Å². The van der Waals surface area contributed by atoms with Crippen LogP contribution in [-0.4, -0.2) is 38.8 Å². The summed E-state index contributed by atoms with van der Waals surface area (Å²) in [5.41, 5.74) is 8.10. The van der Waals surface area contributed by atoms with Gasteiger partial charge in [-0.25, -0.2) is 9.97 Å². The molecule has 5 N–H and O–H groups in total. The maximum Gasteiger partial charge on any atom is 0.226 e. The highest BCUT2D eigenvalue weighted by molar-refractivity contribution is 6.16. The Hall–Kier alpha value is -4.73. The van der Waals surface area contributed by atoms with E-state index in [4.69, 9.17) is 20.4 Å². The lowest BCUT2D eigenvalue weighted by Crippen LogP contribution is -2.41. The predicted molar refractivity (Wildman–Crippen MR) is 162 cm³/mol. The van der Waals surface area contributed by atoms with Crippen molar-refractivity contribution in [3.63, 3.8) is 0 Å². The van der Waals surface area contributed by atoms with Crippen LogP contribution in [0, 0.1) is 5.41 Å². The molecule has 1 saturated carbocycles. The molecule has 1 amide bonds. The zero-order chi connectivity index (χ0) is 29.7. The largest absolute Gasteiger partial charge is 0.457 e. The molecule has 0 aliphatic heterocycles. The summed E-state index contributed by atoms with van der Waals surface area (Å²) < 4.78 is 11.3. The van der Waals surface area contributed by atoms with Gasteiger partial charge in [0.1, 0.15) is 35.2 Å². The van der Waals surface area contributed by atoms with Crippen molar-refractivity contribution in [2.75, 3.05) is 11.1 Å². The van der Waals surface area contributed by atoms with E-state index in [0.29, 0.717) is 28.4 Å². The van der Waals surface area contributed by atoms with Gasteiger partial charge in [-0.2, -0.15) is 0 Å². The second-order valence-electron chi connectivity index (χ2n) is 11.7. The number of hydrogen-bond donors (Lipinski definition) is 4. The summed E-state index contributed by atoms with van der Waals surface area (Å²) in [5, 5.41) is 19.6. The lowest BCUT2D eigenvalue weighted by atomic mass is 9.90. The third-order valence-electron chi connectivity index (χ3n) is 7.32. The Morgan fingerprint density at radius 1 is 1.00 bits per heavy atom. The monoisotopic (exact) mass is 567 g/mol. The van der Waals surface area contributed by atoms with E-state index in [1.165, 1.54) is 6.33 Å². The molecule has 1 aliphatic rings. The fraction of sp³-hybridized carbons (Fsp3) is 0.344. The minimum atomic E-state index is -0.151. The van der Waals surface area contributed by atoms with Crippen LogP contribution in [0.2, 0.25) is 0 Å². The number of anilines is 2. The lowest BCUT2D eigenvalue weighted by molar-refractivity contribution is -0.121. The Balaban J connectivity index is 1.16. The van der Waals surface area contributed by atoms with Crippen LogP contribution < -0.4 is 21.1 Å². The number of nitrogens with two attached hydrogens (primary N) is 1. The second kappa shape index (κ2) is 12.4. The summed E-state index contributed by atoms with van der Waals surface area (Å²) in [4.78, 5) is 21.2. The van der Waals surface area contributed by atoms with Crippen molar-refractivity contribution < 1.29 is 14.1 Å². The fourth-order valence-electron chi connectivity index (χ4n) is 4.98. The maximum absolute atomic E-state index is 12.6. The number of aromatic nitrogens is 3. The van der Waals surface area contributed by atoms with Gasteiger partial charge in [-0.1, -0.05) is 44.1 Å². The molecule has 2 heterocycles. The zero-order valence-electron chi connectivity index (χ0n) is 24.2. The van der Waals surface area contributed by atoms with Crippen LogP contribution in [0.4, 0.5) is 11.6 Å². The van der Waals surface area contributed by atoms with Gasteiger partial charge in [0.25, 0.3) is 0 Å². The van der Waals surface area contributed by atoms with E-state index in [0.717, 1.165) is 37.2 Å². The number of carbonyl (C=O) groups is 1. The molecule has 218 valence electrons. The van der Waals surface area contributed by atoms with Gasteiger partial charge in [-0.3, -0.25) is 10.2 Å². The van der Waals surface area contributed by atoms with Crippen molar-refractivity contribution in [3.8, 4) is 11.5 Å². The Morgan fingerprint density at radius 2 is 1.67 bits per heavy atom. The number of amides is 1. The van der Waals surface area contributed by atoms with Gasteiger partial charge in [0.05, 0.1) is 23.4 Å².